The molecule has 0 bridgehead atoms. The molecule has 0 aromatic rings. The highest BCUT2D eigenvalue weighted by atomic mass is 32.2. The highest BCUT2D eigenvalue weighted by molar-refractivity contribution is 7.99. The summed E-state index contributed by atoms with van der Waals surface area (Å²) in [6, 6.07) is 0. The molecule has 0 N–H and O–H groups in total. The third-order valence-electron chi connectivity index (χ3n) is 3.22. The van der Waals surface area contributed by atoms with Crippen molar-refractivity contribution in [3.63, 3.8) is 0 Å². The second-order valence-electron chi connectivity index (χ2n) is 4.65. The van der Waals surface area contributed by atoms with Crippen molar-refractivity contribution >= 4 is 29.3 Å². The summed E-state index contributed by atoms with van der Waals surface area (Å²) in [4.78, 5) is 35.0. The molecule has 1 saturated carbocycles. The van der Waals surface area contributed by atoms with Crippen LogP contribution in [0.15, 0.2) is 0 Å². The zero-order valence-electron chi connectivity index (χ0n) is 11.1. The highest BCUT2D eigenvalue weighted by Crippen LogP contribution is 2.32. The number of thioether (sulfide) groups is 1. The van der Waals surface area contributed by atoms with Crippen LogP contribution in [0.3, 0.4) is 0 Å². The standard InChI is InChI=1S/C13H20O4S/c1-4-18-8(2)5-9-6-10(14)7-11(15)12(9)13(16)17-3/h8-9,12H,4-7H2,1-3H3. The lowest BCUT2D eigenvalue weighted by molar-refractivity contribution is -0.154. The first-order valence-corrected chi connectivity index (χ1v) is 7.28. The van der Waals surface area contributed by atoms with Crippen molar-refractivity contribution in [3.05, 3.63) is 0 Å². The molecule has 1 rings (SSSR count). The van der Waals surface area contributed by atoms with Gasteiger partial charge >= 0.3 is 5.97 Å². The lowest BCUT2D eigenvalue weighted by Gasteiger charge is -2.29. The number of carbonyl (C=O) groups is 3. The number of rotatable bonds is 5. The Hall–Kier alpha value is -0.840. The molecule has 3 unspecified atom stereocenters. The molecule has 0 aromatic carbocycles. The van der Waals surface area contributed by atoms with E-state index in [-0.39, 0.29) is 23.9 Å². The summed E-state index contributed by atoms with van der Waals surface area (Å²) in [6.07, 6.45) is 0.904. The van der Waals surface area contributed by atoms with Crippen molar-refractivity contribution in [1.82, 2.24) is 0 Å². The van der Waals surface area contributed by atoms with E-state index in [1.54, 1.807) is 11.8 Å². The molecule has 4 nitrogen and oxygen atoms in total. The molecule has 0 spiro atoms. The van der Waals surface area contributed by atoms with Crippen LogP contribution in [0.25, 0.3) is 0 Å². The molecule has 0 saturated heterocycles. The van der Waals surface area contributed by atoms with Crippen molar-refractivity contribution in [1.29, 1.82) is 0 Å². The summed E-state index contributed by atoms with van der Waals surface area (Å²) >= 11 is 1.77. The molecule has 1 aliphatic rings. The van der Waals surface area contributed by atoms with Crippen LogP contribution in [0.2, 0.25) is 0 Å². The van der Waals surface area contributed by atoms with Gasteiger partial charge in [0.15, 0.2) is 5.78 Å². The average Bonchev–Trinajstić information content (AvgIpc) is 2.27. The maximum absolute atomic E-state index is 11.8. The van der Waals surface area contributed by atoms with E-state index in [1.165, 1.54) is 7.11 Å². The van der Waals surface area contributed by atoms with Gasteiger partial charge < -0.3 is 4.74 Å². The van der Waals surface area contributed by atoms with Crippen LogP contribution in [-0.2, 0) is 19.1 Å². The third-order valence-corrected chi connectivity index (χ3v) is 4.32. The van der Waals surface area contributed by atoms with Gasteiger partial charge in [0.2, 0.25) is 0 Å². The molecular weight excluding hydrogens is 252 g/mol. The van der Waals surface area contributed by atoms with Crippen molar-refractivity contribution < 1.29 is 19.1 Å². The highest BCUT2D eigenvalue weighted by Gasteiger charge is 2.41. The average molecular weight is 272 g/mol. The zero-order chi connectivity index (χ0) is 13.7. The van der Waals surface area contributed by atoms with Crippen LogP contribution in [-0.4, -0.2) is 35.6 Å². The van der Waals surface area contributed by atoms with Gasteiger partial charge in [0, 0.05) is 11.7 Å². The Morgan fingerprint density at radius 1 is 1.50 bits per heavy atom. The van der Waals surface area contributed by atoms with E-state index in [1.807, 2.05) is 0 Å². The number of ketones is 2. The van der Waals surface area contributed by atoms with E-state index in [0.717, 1.165) is 5.75 Å². The largest absolute Gasteiger partial charge is 0.468 e. The number of hydrogen-bond donors (Lipinski definition) is 0. The molecule has 102 valence electrons. The second kappa shape index (κ2) is 6.92. The van der Waals surface area contributed by atoms with Crippen LogP contribution in [0.1, 0.15) is 33.1 Å². The fourth-order valence-corrected chi connectivity index (χ4v) is 3.45. The lowest BCUT2D eigenvalue weighted by atomic mass is 9.75. The van der Waals surface area contributed by atoms with E-state index >= 15 is 0 Å². The minimum Gasteiger partial charge on any atom is -0.468 e. The molecule has 0 amide bonds. The SMILES string of the molecule is CCSC(C)CC1CC(=O)CC(=O)C1C(=O)OC. The number of methoxy groups -OCH3 is 1. The quantitative estimate of drug-likeness (QED) is 0.564. The van der Waals surface area contributed by atoms with E-state index in [4.69, 9.17) is 0 Å². The smallest absolute Gasteiger partial charge is 0.316 e. The minimum atomic E-state index is -0.743. The van der Waals surface area contributed by atoms with Gasteiger partial charge in [-0.25, -0.2) is 0 Å². The monoisotopic (exact) mass is 272 g/mol. The van der Waals surface area contributed by atoms with E-state index < -0.39 is 11.9 Å². The van der Waals surface area contributed by atoms with E-state index in [2.05, 4.69) is 18.6 Å². The Morgan fingerprint density at radius 3 is 2.72 bits per heavy atom. The summed E-state index contributed by atoms with van der Waals surface area (Å²) in [7, 11) is 1.29. The van der Waals surface area contributed by atoms with Crippen LogP contribution >= 0.6 is 11.8 Å². The van der Waals surface area contributed by atoms with Gasteiger partial charge in [-0.05, 0) is 18.1 Å². The first kappa shape index (κ1) is 15.2. The molecule has 0 aromatic heterocycles. The second-order valence-corrected chi connectivity index (χ2v) is 6.36. The van der Waals surface area contributed by atoms with Crippen LogP contribution in [0.4, 0.5) is 0 Å². The van der Waals surface area contributed by atoms with Crippen molar-refractivity contribution in [2.45, 2.75) is 38.4 Å². The summed E-state index contributed by atoms with van der Waals surface area (Å²) < 4.78 is 4.69. The van der Waals surface area contributed by atoms with Crippen LogP contribution in [0, 0.1) is 11.8 Å². The topological polar surface area (TPSA) is 60.4 Å². The van der Waals surface area contributed by atoms with Crippen molar-refractivity contribution in [3.8, 4) is 0 Å². The first-order chi connectivity index (χ1) is 8.49. The van der Waals surface area contributed by atoms with Crippen molar-refractivity contribution in [2.75, 3.05) is 12.9 Å². The molecule has 1 fully saturated rings. The molecule has 5 heteroatoms. The van der Waals surface area contributed by atoms with Crippen LogP contribution in [0.5, 0.6) is 0 Å². The molecule has 0 radical (unpaired) electrons. The molecule has 1 aliphatic carbocycles. The lowest BCUT2D eigenvalue weighted by Crippen LogP contribution is -2.40. The maximum atomic E-state index is 11.8. The zero-order valence-corrected chi connectivity index (χ0v) is 11.9. The van der Waals surface area contributed by atoms with Gasteiger partial charge in [0.25, 0.3) is 0 Å². The number of ether oxygens (including phenoxy) is 1. The molecule has 0 heterocycles. The Bertz CT molecular complexity index is 340. The van der Waals surface area contributed by atoms with Gasteiger partial charge in [0.05, 0.1) is 13.5 Å². The van der Waals surface area contributed by atoms with Crippen molar-refractivity contribution in [2.24, 2.45) is 11.8 Å². The molecule has 3 atom stereocenters. The number of Topliss-reactive ketones (excluding diaryl/α,β-unsaturated/α-hetero) is 2. The maximum Gasteiger partial charge on any atom is 0.316 e. The molecule has 18 heavy (non-hydrogen) atoms. The predicted molar refractivity (Wildman–Crippen MR) is 70.5 cm³/mol. The normalized spacial score (nSPS) is 25.9. The molecular formula is C13H20O4S. The number of esters is 1. The fraction of sp³-hybridized carbons (Fsp3) is 0.769. The van der Waals surface area contributed by atoms with Gasteiger partial charge in [-0.1, -0.05) is 13.8 Å². The summed E-state index contributed by atoms with van der Waals surface area (Å²) in [5.41, 5.74) is 0. The number of carbonyl (C=O) groups excluding carboxylic acids is 3. The van der Waals surface area contributed by atoms with Crippen LogP contribution < -0.4 is 0 Å². The van der Waals surface area contributed by atoms with Gasteiger partial charge in [0.1, 0.15) is 11.7 Å². The Morgan fingerprint density at radius 2 is 2.17 bits per heavy atom. The number of hydrogen-bond acceptors (Lipinski definition) is 5. The third kappa shape index (κ3) is 3.83. The fourth-order valence-electron chi connectivity index (χ4n) is 2.50. The first-order valence-electron chi connectivity index (χ1n) is 6.23. The molecule has 0 aliphatic heterocycles. The Labute approximate surface area is 112 Å². The summed E-state index contributed by atoms with van der Waals surface area (Å²) in [5.74, 6) is -0.784. The predicted octanol–water partition coefficient (Wildman–Crippen LogP) is 1.86. The Balaban J connectivity index is 2.77. The van der Waals surface area contributed by atoms with E-state index in [9.17, 15) is 14.4 Å². The van der Waals surface area contributed by atoms with Gasteiger partial charge in [-0.2, -0.15) is 11.8 Å². The minimum absolute atomic E-state index is 0.0566. The van der Waals surface area contributed by atoms with Gasteiger partial charge in [-0.3, -0.25) is 14.4 Å². The van der Waals surface area contributed by atoms with Gasteiger partial charge in [-0.15, -0.1) is 0 Å². The summed E-state index contributed by atoms with van der Waals surface area (Å²) in [6.45, 7) is 4.13. The Kier molecular flexibility index (Phi) is 5.85. The summed E-state index contributed by atoms with van der Waals surface area (Å²) in [5, 5.41) is 0.339. The van der Waals surface area contributed by atoms with E-state index in [0.29, 0.717) is 18.1 Å².